The highest BCUT2D eigenvalue weighted by atomic mass is 32.2. The second-order valence-corrected chi connectivity index (χ2v) is 6.62. The lowest BCUT2D eigenvalue weighted by Crippen LogP contribution is -2.22. The summed E-state index contributed by atoms with van der Waals surface area (Å²) in [5, 5.41) is 4.09. The van der Waals surface area contributed by atoms with E-state index in [2.05, 4.69) is 37.4 Å². The molecule has 0 amide bonds. The van der Waals surface area contributed by atoms with Crippen LogP contribution in [-0.4, -0.2) is 24.7 Å². The first kappa shape index (κ1) is 13.8. The summed E-state index contributed by atoms with van der Waals surface area (Å²) in [5.41, 5.74) is 2.69. The van der Waals surface area contributed by atoms with Gasteiger partial charge < -0.3 is 10.1 Å². The molecule has 0 aliphatic carbocycles. The van der Waals surface area contributed by atoms with Gasteiger partial charge in [-0.25, -0.2) is 0 Å². The third kappa shape index (κ3) is 3.21. The number of para-hydroxylation sites is 1. The quantitative estimate of drug-likeness (QED) is 0.881. The number of hydrogen-bond donors (Lipinski definition) is 1. The first-order valence-electron chi connectivity index (χ1n) is 6.76. The van der Waals surface area contributed by atoms with Crippen LogP contribution in [0.25, 0.3) is 0 Å². The van der Waals surface area contributed by atoms with Crippen molar-refractivity contribution in [3.8, 4) is 5.75 Å². The lowest BCUT2D eigenvalue weighted by Gasteiger charge is -2.25. The summed E-state index contributed by atoms with van der Waals surface area (Å²) in [6, 6.07) is 6.94. The van der Waals surface area contributed by atoms with E-state index in [1.165, 1.54) is 11.1 Å². The molecule has 1 aliphatic rings. The molecule has 2 nitrogen and oxygen atoms in total. The van der Waals surface area contributed by atoms with Crippen molar-refractivity contribution in [2.45, 2.75) is 38.0 Å². The van der Waals surface area contributed by atoms with Crippen molar-refractivity contribution in [1.29, 1.82) is 0 Å². The number of rotatable bonds is 5. The third-order valence-electron chi connectivity index (χ3n) is 3.28. The van der Waals surface area contributed by atoms with E-state index in [0.717, 1.165) is 31.0 Å². The highest BCUT2D eigenvalue weighted by molar-refractivity contribution is 7.99. The fraction of sp³-hybridized carbons (Fsp3) is 0.600. The lowest BCUT2D eigenvalue weighted by atomic mass is 9.99. The van der Waals surface area contributed by atoms with Crippen molar-refractivity contribution >= 4 is 11.8 Å². The number of hydrogen-bond acceptors (Lipinski definition) is 3. The third-order valence-corrected chi connectivity index (χ3v) is 4.48. The number of aryl methyl sites for hydroxylation is 1. The Bertz CT molecular complexity index is 392. The van der Waals surface area contributed by atoms with Crippen molar-refractivity contribution in [3.63, 3.8) is 0 Å². The molecule has 1 aliphatic heterocycles. The van der Waals surface area contributed by atoms with Gasteiger partial charge in [-0.05, 0) is 30.7 Å². The molecule has 3 heteroatoms. The molecule has 0 bridgehead atoms. The molecule has 1 atom stereocenters. The largest absolute Gasteiger partial charge is 0.493 e. The molecule has 1 heterocycles. The first-order chi connectivity index (χ1) is 8.72. The maximum absolute atomic E-state index is 5.89. The van der Waals surface area contributed by atoms with Gasteiger partial charge in [0.15, 0.2) is 0 Å². The fourth-order valence-corrected chi connectivity index (χ4v) is 3.23. The van der Waals surface area contributed by atoms with Gasteiger partial charge >= 0.3 is 0 Å². The van der Waals surface area contributed by atoms with Crippen LogP contribution in [0.15, 0.2) is 18.2 Å². The molecule has 1 aromatic carbocycles. The predicted molar refractivity (Wildman–Crippen MR) is 79.7 cm³/mol. The maximum Gasteiger partial charge on any atom is 0.127 e. The van der Waals surface area contributed by atoms with Crippen LogP contribution in [0, 0.1) is 0 Å². The molecule has 100 valence electrons. The summed E-state index contributed by atoms with van der Waals surface area (Å²) in [4.78, 5) is 0. The lowest BCUT2D eigenvalue weighted by molar-refractivity contribution is 0.283. The minimum absolute atomic E-state index is 0.380. The summed E-state index contributed by atoms with van der Waals surface area (Å²) in [7, 11) is 2.04. The SMILES string of the molecule is CNC(CSC(C)C)c1cccc2c1OCCC2. The van der Waals surface area contributed by atoms with Crippen LogP contribution >= 0.6 is 11.8 Å². The number of ether oxygens (including phenoxy) is 1. The van der Waals surface area contributed by atoms with E-state index in [1.807, 2.05) is 18.8 Å². The molecule has 1 N–H and O–H groups in total. The average Bonchev–Trinajstić information content (AvgIpc) is 2.39. The fourth-order valence-electron chi connectivity index (χ4n) is 2.31. The molecule has 1 unspecified atom stereocenters. The summed E-state index contributed by atoms with van der Waals surface area (Å²) >= 11 is 1.99. The van der Waals surface area contributed by atoms with E-state index < -0.39 is 0 Å². The standard InChI is InChI=1S/C15H23NOS/c1-11(2)18-10-14(16-3)13-8-4-6-12-7-5-9-17-15(12)13/h4,6,8,11,14,16H,5,7,9-10H2,1-3H3. The van der Waals surface area contributed by atoms with Crippen molar-refractivity contribution < 1.29 is 4.74 Å². The van der Waals surface area contributed by atoms with Crippen LogP contribution in [0.4, 0.5) is 0 Å². The Balaban J connectivity index is 2.19. The van der Waals surface area contributed by atoms with Crippen molar-refractivity contribution in [3.05, 3.63) is 29.3 Å². The minimum Gasteiger partial charge on any atom is -0.493 e. The topological polar surface area (TPSA) is 21.3 Å². The van der Waals surface area contributed by atoms with E-state index >= 15 is 0 Å². The Morgan fingerprint density at radius 2 is 2.22 bits per heavy atom. The monoisotopic (exact) mass is 265 g/mol. The number of nitrogens with one attached hydrogen (secondary N) is 1. The van der Waals surface area contributed by atoms with E-state index in [-0.39, 0.29) is 0 Å². The smallest absolute Gasteiger partial charge is 0.127 e. The molecule has 18 heavy (non-hydrogen) atoms. The van der Waals surface area contributed by atoms with Crippen LogP contribution in [0.3, 0.4) is 0 Å². The second-order valence-electron chi connectivity index (χ2n) is 5.01. The van der Waals surface area contributed by atoms with Gasteiger partial charge in [0, 0.05) is 17.4 Å². The van der Waals surface area contributed by atoms with Crippen LogP contribution in [0.2, 0.25) is 0 Å². The highest BCUT2D eigenvalue weighted by Gasteiger charge is 2.20. The maximum atomic E-state index is 5.89. The van der Waals surface area contributed by atoms with Gasteiger partial charge in [-0.15, -0.1) is 0 Å². The van der Waals surface area contributed by atoms with Crippen LogP contribution in [0.5, 0.6) is 5.75 Å². The van der Waals surface area contributed by atoms with Gasteiger partial charge in [-0.2, -0.15) is 11.8 Å². The molecule has 0 saturated carbocycles. The Hall–Kier alpha value is -0.670. The normalized spacial score (nSPS) is 16.2. The molecule has 0 saturated heterocycles. The van der Waals surface area contributed by atoms with Gasteiger partial charge in [0.1, 0.15) is 5.75 Å². The Labute approximate surface area is 114 Å². The predicted octanol–water partition coefficient (Wildman–Crippen LogP) is 3.41. The average molecular weight is 265 g/mol. The van der Waals surface area contributed by atoms with Gasteiger partial charge in [0.05, 0.1) is 6.61 Å². The second kappa shape index (κ2) is 6.48. The van der Waals surface area contributed by atoms with E-state index in [1.54, 1.807) is 0 Å². The number of thioether (sulfide) groups is 1. The zero-order valence-corrected chi connectivity index (χ0v) is 12.3. The number of fused-ring (bicyclic) bond motifs is 1. The van der Waals surface area contributed by atoms with Gasteiger partial charge in [0.2, 0.25) is 0 Å². The van der Waals surface area contributed by atoms with Crippen LogP contribution < -0.4 is 10.1 Å². The Morgan fingerprint density at radius 3 is 2.94 bits per heavy atom. The molecular weight excluding hydrogens is 242 g/mol. The van der Waals surface area contributed by atoms with Crippen molar-refractivity contribution in [2.75, 3.05) is 19.4 Å². The molecular formula is C15H23NOS. The van der Waals surface area contributed by atoms with E-state index in [9.17, 15) is 0 Å². The molecule has 0 spiro atoms. The van der Waals surface area contributed by atoms with Crippen LogP contribution in [0.1, 0.15) is 37.4 Å². The molecule has 0 radical (unpaired) electrons. The molecule has 2 rings (SSSR count). The molecule has 0 aromatic heterocycles. The van der Waals surface area contributed by atoms with E-state index in [4.69, 9.17) is 4.74 Å². The number of benzene rings is 1. The minimum atomic E-state index is 0.380. The van der Waals surface area contributed by atoms with Crippen molar-refractivity contribution in [2.24, 2.45) is 0 Å². The Morgan fingerprint density at radius 1 is 1.39 bits per heavy atom. The van der Waals surface area contributed by atoms with Crippen molar-refractivity contribution in [1.82, 2.24) is 5.32 Å². The van der Waals surface area contributed by atoms with Gasteiger partial charge in [-0.3, -0.25) is 0 Å². The van der Waals surface area contributed by atoms with Crippen LogP contribution in [-0.2, 0) is 6.42 Å². The Kier molecular flexibility index (Phi) is 4.95. The zero-order chi connectivity index (χ0) is 13.0. The zero-order valence-electron chi connectivity index (χ0n) is 11.5. The summed E-state index contributed by atoms with van der Waals surface area (Å²) < 4.78 is 5.89. The van der Waals surface area contributed by atoms with Gasteiger partial charge in [0.25, 0.3) is 0 Å². The summed E-state index contributed by atoms with van der Waals surface area (Å²) in [6.07, 6.45) is 2.29. The highest BCUT2D eigenvalue weighted by Crippen LogP contribution is 2.34. The molecule has 0 fully saturated rings. The first-order valence-corrected chi connectivity index (χ1v) is 7.80. The van der Waals surface area contributed by atoms with E-state index in [0.29, 0.717) is 11.3 Å². The summed E-state index contributed by atoms with van der Waals surface area (Å²) in [5.74, 6) is 2.22. The summed E-state index contributed by atoms with van der Waals surface area (Å²) in [6.45, 7) is 5.35. The molecule has 1 aromatic rings. The van der Waals surface area contributed by atoms with Gasteiger partial charge in [-0.1, -0.05) is 32.0 Å².